The van der Waals surface area contributed by atoms with Crippen LogP contribution in [0.1, 0.15) is 6.42 Å². The molecule has 1 N–H and O–H groups in total. The van der Waals surface area contributed by atoms with Crippen LogP contribution in [-0.4, -0.2) is 29.9 Å². The van der Waals surface area contributed by atoms with Gasteiger partial charge in [-0.05, 0) is 12.1 Å². The Balaban J connectivity index is 2.38. The van der Waals surface area contributed by atoms with Crippen molar-refractivity contribution < 1.29 is 9.90 Å². The minimum absolute atomic E-state index is 0.00470. The van der Waals surface area contributed by atoms with Gasteiger partial charge in [-0.2, -0.15) is 0 Å². The molecule has 0 saturated heterocycles. The minimum Gasteiger partial charge on any atom is -0.395 e. The molecule has 0 spiro atoms. The zero-order valence-electron chi connectivity index (χ0n) is 8.35. The molecule has 1 aliphatic rings. The fourth-order valence-electron chi connectivity index (χ4n) is 1.66. The Kier molecular flexibility index (Phi) is 3.28. The summed E-state index contributed by atoms with van der Waals surface area (Å²) in [7, 11) is 0. The van der Waals surface area contributed by atoms with Crippen molar-refractivity contribution in [3.8, 4) is 0 Å². The van der Waals surface area contributed by atoms with Crippen LogP contribution in [0.5, 0.6) is 0 Å². The average Bonchev–Trinajstić information content (AvgIpc) is 2.40. The van der Waals surface area contributed by atoms with Gasteiger partial charge in [-0.15, -0.1) is 11.8 Å². The molecular weight excluding hydrogens is 210 g/mol. The molecule has 15 heavy (non-hydrogen) atoms. The Morgan fingerprint density at radius 3 is 3.00 bits per heavy atom. The molecule has 3 nitrogen and oxygen atoms in total. The predicted octanol–water partition coefficient (Wildman–Crippen LogP) is 1.51. The first-order valence-electron chi connectivity index (χ1n) is 4.96. The molecular formula is C11H13NO2S. The highest BCUT2D eigenvalue weighted by molar-refractivity contribution is 7.99. The first kappa shape index (κ1) is 10.5. The van der Waals surface area contributed by atoms with Gasteiger partial charge in [0.05, 0.1) is 12.3 Å². The number of para-hydroxylation sites is 1. The first-order chi connectivity index (χ1) is 7.33. The maximum absolute atomic E-state index is 11.8. The minimum atomic E-state index is 0.00470. The number of carbonyl (C=O) groups is 1. The van der Waals surface area contributed by atoms with E-state index in [4.69, 9.17) is 5.11 Å². The monoisotopic (exact) mass is 223 g/mol. The number of anilines is 1. The van der Waals surface area contributed by atoms with Gasteiger partial charge in [0.1, 0.15) is 0 Å². The molecule has 0 aromatic heterocycles. The molecule has 0 saturated carbocycles. The molecule has 1 aromatic rings. The van der Waals surface area contributed by atoms with Crippen LogP contribution in [0.3, 0.4) is 0 Å². The Morgan fingerprint density at radius 2 is 2.20 bits per heavy atom. The lowest BCUT2D eigenvalue weighted by Crippen LogP contribution is -2.33. The Morgan fingerprint density at radius 1 is 1.40 bits per heavy atom. The number of amides is 1. The van der Waals surface area contributed by atoms with E-state index in [0.717, 1.165) is 16.3 Å². The van der Waals surface area contributed by atoms with Crippen molar-refractivity contribution in [2.75, 3.05) is 23.8 Å². The van der Waals surface area contributed by atoms with Gasteiger partial charge in [0.25, 0.3) is 0 Å². The number of hydrogen-bond donors (Lipinski definition) is 1. The lowest BCUT2D eigenvalue weighted by atomic mass is 10.2. The second kappa shape index (κ2) is 4.68. The molecule has 4 heteroatoms. The van der Waals surface area contributed by atoms with Gasteiger partial charge < -0.3 is 10.0 Å². The van der Waals surface area contributed by atoms with E-state index in [2.05, 4.69) is 0 Å². The number of aliphatic hydroxyl groups excluding tert-OH is 1. The smallest absolute Gasteiger partial charge is 0.227 e. The van der Waals surface area contributed by atoms with Gasteiger partial charge in [0, 0.05) is 23.6 Å². The summed E-state index contributed by atoms with van der Waals surface area (Å²) in [6.45, 7) is 0.390. The number of hydrogen-bond acceptors (Lipinski definition) is 3. The molecule has 0 aliphatic carbocycles. The second-order valence-electron chi connectivity index (χ2n) is 3.34. The zero-order valence-corrected chi connectivity index (χ0v) is 9.17. The standard InChI is InChI=1S/C11H13NO2S/c13-7-6-12-9-3-1-2-4-10(9)15-8-5-11(12)14/h1-4,13H,5-8H2. The van der Waals surface area contributed by atoms with Crippen LogP contribution in [0.25, 0.3) is 0 Å². The molecule has 0 atom stereocenters. The van der Waals surface area contributed by atoms with Crippen molar-refractivity contribution in [3.05, 3.63) is 24.3 Å². The third-order valence-electron chi connectivity index (χ3n) is 2.35. The number of thioether (sulfide) groups is 1. The number of β-amino-alcohol motifs (C(OH)–C–C–N with tert-alkyl or cyclic N) is 1. The second-order valence-corrected chi connectivity index (χ2v) is 4.47. The van der Waals surface area contributed by atoms with E-state index < -0.39 is 0 Å². The zero-order chi connectivity index (χ0) is 10.7. The molecule has 1 aliphatic heterocycles. The van der Waals surface area contributed by atoms with E-state index in [-0.39, 0.29) is 12.5 Å². The van der Waals surface area contributed by atoms with Crippen LogP contribution < -0.4 is 4.90 Å². The highest BCUT2D eigenvalue weighted by atomic mass is 32.2. The summed E-state index contributed by atoms with van der Waals surface area (Å²) in [5.74, 6) is 0.916. The summed E-state index contributed by atoms with van der Waals surface area (Å²) in [5.41, 5.74) is 0.930. The quantitative estimate of drug-likeness (QED) is 0.826. The van der Waals surface area contributed by atoms with Crippen molar-refractivity contribution in [3.63, 3.8) is 0 Å². The van der Waals surface area contributed by atoms with E-state index in [1.165, 1.54) is 0 Å². The summed E-state index contributed by atoms with van der Waals surface area (Å²) in [4.78, 5) is 14.6. The van der Waals surface area contributed by atoms with Crippen molar-refractivity contribution >= 4 is 23.4 Å². The fourth-order valence-corrected chi connectivity index (χ4v) is 2.66. The van der Waals surface area contributed by atoms with Crippen molar-refractivity contribution in [1.82, 2.24) is 0 Å². The Labute approximate surface area is 93.1 Å². The van der Waals surface area contributed by atoms with Gasteiger partial charge >= 0.3 is 0 Å². The highest BCUT2D eigenvalue weighted by Crippen LogP contribution is 2.33. The Hall–Kier alpha value is -1.00. The van der Waals surface area contributed by atoms with Crippen molar-refractivity contribution in [2.45, 2.75) is 11.3 Å². The largest absolute Gasteiger partial charge is 0.395 e. The summed E-state index contributed by atoms with van der Waals surface area (Å²) < 4.78 is 0. The van der Waals surface area contributed by atoms with Crippen LogP contribution in [-0.2, 0) is 4.79 Å². The van der Waals surface area contributed by atoms with Gasteiger partial charge in [0.2, 0.25) is 5.91 Å². The topological polar surface area (TPSA) is 40.5 Å². The first-order valence-corrected chi connectivity index (χ1v) is 5.94. The number of rotatable bonds is 2. The summed E-state index contributed by atoms with van der Waals surface area (Å²) in [6.07, 6.45) is 0.541. The third-order valence-corrected chi connectivity index (χ3v) is 3.42. The molecule has 0 bridgehead atoms. The molecule has 1 amide bonds. The average molecular weight is 223 g/mol. The van der Waals surface area contributed by atoms with Crippen molar-refractivity contribution in [2.24, 2.45) is 0 Å². The fraction of sp³-hybridized carbons (Fsp3) is 0.364. The molecule has 80 valence electrons. The number of benzene rings is 1. The molecule has 0 radical (unpaired) electrons. The van der Waals surface area contributed by atoms with Crippen molar-refractivity contribution in [1.29, 1.82) is 0 Å². The van der Waals surface area contributed by atoms with Crippen LogP contribution in [0.15, 0.2) is 29.2 Å². The summed E-state index contributed by atoms with van der Waals surface area (Å²) >= 11 is 1.70. The van der Waals surface area contributed by atoms with Crippen LogP contribution >= 0.6 is 11.8 Å². The maximum Gasteiger partial charge on any atom is 0.227 e. The number of carbonyl (C=O) groups excluding carboxylic acids is 1. The normalized spacial score (nSPS) is 16.1. The van der Waals surface area contributed by atoms with E-state index in [0.29, 0.717) is 13.0 Å². The SMILES string of the molecule is O=C1CCSc2ccccc2N1CCO. The number of aliphatic hydroxyl groups is 1. The molecule has 2 rings (SSSR count). The lowest BCUT2D eigenvalue weighted by Gasteiger charge is -2.21. The molecule has 0 unspecified atom stereocenters. The number of fused-ring (bicyclic) bond motifs is 1. The van der Waals surface area contributed by atoms with E-state index in [1.54, 1.807) is 16.7 Å². The van der Waals surface area contributed by atoms with Gasteiger partial charge in [-0.25, -0.2) is 0 Å². The number of nitrogens with zero attached hydrogens (tertiary/aromatic N) is 1. The molecule has 0 fully saturated rings. The Bertz CT molecular complexity index is 367. The van der Waals surface area contributed by atoms with Gasteiger partial charge in [-0.3, -0.25) is 4.79 Å². The summed E-state index contributed by atoms with van der Waals surface area (Å²) in [5, 5.41) is 8.95. The lowest BCUT2D eigenvalue weighted by molar-refractivity contribution is -0.118. The highest BCUT2D eigenvalue weighted by Gasteiger charge is 2.21. The van der Waals surface area contributed by atoms with Crippen LogP contribution in [0.2, 0.25) is 0 Å². The predicted molar refractivity (Wildman–Crippen MR) is 61.2 cm³/mol. The molecule has 1 aromatic carbocycles. The van der Waals surface area contributed by atoms with Crippen LogP contribution in [0.4, 0.5) is 5.69 Å². The molecule has 1 heterocycles. The van der Waals surface area contributed by atoms with Gasteiger partial charge in [0.15, 0.2) is 0 Å². The summed E-state index contributed by atoms with van der Waals surface area (Å²) in [6, 6.07) is 7.84. The van der Waals surface area contributed by atoms with E-state index in [1.807, 2.05) is 24.3 Å². The maximum atomic E-state index is 11.8. The van der Waals surface area contributed by atoms with E-state index >= 15 is 0 Å². The van der Waals surface area contributed by atoms with Crippen LogP contribution in [0, 0.1) is 0 Å². The van der Waals surface area contributed by atoms with E-state index in [9.17, 15) is 4.79 Å². The van der Waals surface area contributed by atoms with Gasteiger partial charge in [-0.1, -0.05) is 12.1 Å². The third kappa shape index (κ3) is 2.16.